The molecular weight excluding hydrogens is 360 g/mol. The van der Waals surface area contributed by atoms with Crippen LogP contribution in [0, 0.1) is 0 Å². The second kappa shape index (κ2) is 7.94. The molecule has 1 aliphatic heterocycles. The van der Waals surface area contributed by atoms with Gasteiger partial charge in [0.05, 0.1) is 5.69 Å². The van der Waals surface area contributed by atoms with E-state index in [1.807, 2.05) is 53.4 Å². The summed E-state index contributed by atoms with van der Waals surface area (Å²) in [6.07, 6.45) is 0. The van der Waals surface area contributed by atoms with Gasteiger partial charge in [-0.25, -0.2) is 0 Å². The average Bonchev–Trinajstić information content (AvgIpc) is 3.21. The molecule has 1 aliphatic rings. The number of rotatable bonds is 4. The van der Waals surface area contributed by atoms with Crippen molar-refractivity contribution in [3.63, 3.8) is 0 Å². The summed E-state index contributed by atoms with van der Waals surface area (Å²) in [5.74, 6) is 0.0100. The van der Waals surface area contributed by atoms with E-state index in [2.05, 4.69) is 27.2 Å². The van der Waals surface area contributed by atoms with Crippen molar-refractivity contribution in [3.05, 3.63) is 76.9 Å². The van der Waals surface area contributed by atoms with E-state index in [0.29, 0.717) is 18.8 Å². The van der Waals surface area contributed by atoms with Crippen LogP contribution in [0.1, 0.15) is 16.1 Å². The van der Waals surface area contributed by atoms with Crippen molar-refractivity contribution in [1.29, 1.82) is 0 Å². The van der Waals surface area contributed by atoms with Gasteiger partial charge in [-0.15, -0.1) is 0 Å². The number of hydrogen-bond donors (Lipinski definition) is 1. The Bertz CT molecular complexity index is 899. The molecule has 27 heavy (non-hydrogen) atoms. The van der Waals surface area contributed by atoms with Crippen LogP contribution in [-0.2, 0) is 6.54 Å². The molecule has 0 saturated carbocycles. The van der Waals surface area contributed by atoms with Gasteiger partial charge in [0, 0.05) is 43.3 Å². The van der Waals surface area contributed by atoms with Gasteiger partial charge in [-0.1, -0.05) is 54.1 Å². The lowest BCUT2D eigenvalue weighted by molar-refractivity contribution is 0.0622. The minimum absolute atomic E-state index is 0.0100. The summed E-state index contributed by atoms with van der Waals surface area (Å²) >= 11 is 5.94. The second-order valence-electron chi connectivity index (χ2n) is 6.73. The van der Waals surface area contributed by atoms with Crippen molar-refractivity contribution in [3.8, 4) is 11.3 Å². The molecule has 0 bridgehead atoms. The summed E-state index contributed by atoms with van der Waals surface area (Å²) in [7, 11) is 0. The minimum Gasteiger partial charge on any atom is -0.335 e. The number of nitrogens with one attached hydrogen (secondary N) is 1. The maximum Gasteiger partial charge on any atom is 0.271 e. The van der Waals surface area contributed by atoms with Crippen molar-refractivity contribution in [2.45, 2.75) is 6.54 Å². The van der Waals surface area contributed by atoms with E-state index >= 15 is 0 Å². The van der Waals surface area contributed by atoms with Crippen molar-refractivity contribution in [2.24, 2.45) is 0 Å². The van der Waals surface area contributed by atoms with Crippen LogP contribution in [0.15, 0.2) is 60.7 Å². The van der Waals surface area contributed by atoms with Crippen LogP contribution in [0.4, 0.5) is 0 Å². The Kier molecular flexibility index (Phi) is 5.23. The standard InChI is InChI=1S/C21H21ClN4O/c22-18-8-6-16(7-9-18)15-25-10-12-26(13-11-25)21(27)20-14-19(23-24-20)17-4-2-1-3-5-17/h1-9,14H,10-13,15H2,(H,23,24). The highest BCUT2D eigenvalue weighted by Gasteiger charge is 2.23. The summed E-state index contributed by atoms with van der Waals surface area (Å²) in [6.45, 7) is 4.02. The van der Waals surface area contributed by atoms with Crippen LogP contribution in [-0.4, -0.2) is 52.1 Å². The van der Waals surface area contributed by atoms with Crippen LogP contribution in [0.5, 0.6) is 0 Å². The fraction of sp³-hybridized carbons (Fsp3) is 0.238. The summed E-state index contributed by atoms with van der Waals surface area (Å²) in [5, 5.41) is 7.93. The topological polar surface area (TPSA) is 52.2 Å². The van der Waals surface area contributed by atoms with E-state index in [1.165, 1.54) is 5.56 Å². The highest BCUT2D eigenvalue weighted by Crippen LogP contribution is 2.18. The van der Waals surface area contributed by atoms with Gasteiger partial charge >= 0.3 is 0 Å². The Morgan fingerprint density at radius 1 is 1.00 bits per heavy atom. The first-order valence-electron chi connectivity index (χ1n) is 9.06. The zero-order chi connectivity index (χ0) is 18.6. The molecule has 0 radical (unpaired) electrons. The fourth-order valence-corrected chi connectivity index (χ4v) is 3.44. The quantitative estimate of drug-likeness (QED) is 0.751. The number of nitrogens with zero attached hydrogens (tertiary/aromatic N) is 3. The van der Waals surface area contributed by atoms with Gasteiger partial charge in [0.15, 0.2) is 0 Å². The molecule has 3 aromatic rings. The highest BCUT2D eigenvalue weighted by molar-refractivity contribution is 6.30. The molecule has 4 rings (SSSR count). The van der Waals surface area contributed by atoms with Gasteiger partial charge in [0.2, 0.25) is 0 Å². The smallest absolute Gasteiger partial charge is 0.271 e. The zero-order valence-corrected chi connectivity index (χ0v) is 15.7. The van der Waals surface area contributed by atoms with Crippen molar-refractivity contribution in [2.75, 3.05) is 26.2 Å². The molecular formula is C21H21ClN4O. The fourth-order valence-electron chi connectivity index (χ4n) is 3.32. The molecule has 6 heteroatoms. The van der Waals surface area contributed by atoms with E-state index in [4.69, 9.17) is 11.6 Å². The molecule has 5 nitrogen and oxygen atoms in total. The van der Waals surface area contributed by atoms with Crippen molar-refractivity contribution < 1.29 is 4.79 Å². The van der Waals surface area contributed by atoms with Gasteiger partial charge in [0.1, 0.15) is 5.69 Å². The van der Waals surface area contributed by atoms with Gasteiger partial charge in [-0.2, -0.15) is 5.10 Å². The predicted molar refractivity (Wildman–Crippen MR) is 107 cm³/mol. The van der Waals surface area contributed by atoms with Crippen molar-refractivity contribution >= 4 is 17.5 Å². The number of benzene rings is 2. The number of aromatic nitrogens is 2. The maximum atomic E-state index is 12.8. The van der Waals surface area contributed by atoms with Crippen LogP contribution >= 0.6 is 11.6 Å². The Morgan fingerprint density at radius 3 is 2.41 bits per heavy atom. The summed E-state index contributed by atoms with van der Waals surface area (Å²) in [4.78, 5) is 17.0. The number of H-pyrrole nitrogens is 1. The van der Waals surface area contributed by atoms with E-state index in [9.17, 15) is 4.79 Å². The third kappa shape index (κ3) is 4.21. The van der Waals surface area contributed by atoms with Crippen LogP contribution in [0.2, 0.25) is 5.02 Å². The van der Waals surface area contributed by atoms with Crippen LogP contribution in [0.25, 0.3) is 11.3 Å². The predicted octanol–water partition coefficient (Wildman–Crippen LogP) is 3.69. The molecule has 2 aromatic carbocycles. The molecule has 0 spiro atoms. The molecule has 0 unspecified atom stereocenters. The summed E-state index contributed by atoms with van der Waals surface area (Å²) in [5.41, 5.74) is 3.57. The number of hydrogen-bond acceptors (Lipinski definition) is 3. The molecule has 2 heterocycles. The van der Waals surface area contributed by atoms with Crippen molar-refractivity contribution in [1.82, 2.24) is 20.0 Å². The normalized spacial score (nSPS) is 15.1. The lowest BCUT2D eigenvalue weighted by Crippen LogP contribution is -2.48. The van der Waals surface area contributed by atoms with E-state index in [-0.39, 0.29) is 5.91 Å². The number of amides is 1. The third-order valence-electron chi connectivity index (χ3n) is 4.86. The summed E-state index contributed by atoms with van der Waals surface area (Å²) < 4.78 is 0. The Hall–Kier alpha value is -2.63. The first kappa shape index (κ1) is 17.8. The molecule has 1 fully saturated rings. The number of carbonyl (C=O) groups excluding carboxylic acids is 1. The number of halogens is 1. The first-order valence-corrected chi connectivity index (χ1v) is 9.44. The minimum atomic E-state index is 0.0100. The third-order valence-corrected chi connectivity index (χ3v) is 5.11. The van der Waals surface area contributed by atoms with Gasteiger partial charge in [-0.3, -0.25) is 14.8 Å². The van der Waals surface area contributed by atoms with Gasteiger partial charge < -0.3 is 4.90 Å². The monoisotopic (exact) mass is 380 g/mol. The highest BCUT2D eigenvalue weighted by atomic mass is 35.5. The average molecular weight is 381 g/mol. The number of aromatic amines is 1. The van der Waals surface area contributed by atoms with E-state index in [0.717, 1.165) is 35.9 Å². The summed E-state index contributed by atoms with van der Waals surface area (Å²) in [6, 6.07) is 19.6. The van der Waals surface area contributed by atoms with Gasteiger partial charge in [-0.05, 0) is 23.8 Å². The first-order chi connectivity index (χ1) is 13.2. The second-order valence-corrected chi connectivity index (χ2v) is 7.16. The number of piperazine rings is 1. The lowest BCUT2D eigenvalue weighted by Gasteiger charge is -2.34. The molecule has 1 aromatic heterocycles. The molecule has 1 N–H and O–H groups in total. The Balaban J connectivity index is 1.35. The Labute approximate surface area is 163 Å². The zero-order valence-electron chi connectivity index (χ0n) is 14.9. The number of carbonyl (C=O) groups is 1. The van der Waals surface area contributed by atoms with Gasteiger partial charge in [0.25, 0.3) is 5.91 Å². The maximum absolute atomic E-state index is 12.8. The van der Waals surface area contributed by atoms with Crippen LogP contribution < -0.4 is 0 Å². The molecule has 0 aliphatic carbocycles. The molecule has 0 atom stereocenters. The Morgan fingerprint density at radius 2 is 1.70 bits per heavy atom. The molecule has 138 valence electrons. The SMILES string of the molecule is O=C(c1cc(-c2ccccc2)n[nH]1)N1CCN(Cc2ccc(Cl)cc2)CC1. The molecule has 1 amide bonds. The van der Waals surface area contributed by atoms with E-state index < -0.39 is 0 Å². The van der Waals surface area contributed by atoms with E-state index in [1.54, 1.807) is 0 Å². The largest absolute Gasteiger partial charge is 0.335 e. The van der Waals surface area contributed by atoms with Crippen LogP contribution in [0.3, 0.4) is 0 Å². The molecule has 1 saturated heterocycles. The lowest BCUT2D eigenvalue weighted by atomic mass is 10.1.